The lowest BCUT2D eigenvalue weighted by atomic mass is 9.84. The lowest BCUT2D eigenvalue weighted by Gasteiger charge is -2.39. The topological polar surface area (TPSA) is 172 Å². The summed E-state index contributed by atoms with van der Waals surface area (Å²) < 4.78 is 14.2. The molecule has 3 aliphatic rings. The van der Waals surface area contributed by atoms with Crippen molar-refractivity contribution in [3.63, 3.8) is 0 Å². The summed E-state index contributed by atoms with van der Waals surface area (Å²) in [5.74, 6) is -1.70. The highest BCUT2D eigenvalue weighted by Crippen LogP contribution is 2.42. The van der Waals surface area contributed by atoms with Gasteiger partial charge in [-0.3, -0.25) is 29.2 Å². The number of carbonyl (C=O) groups is 5. The SMILES string of the molecule is CCn1c(-c2cccnc2[C@H](C)OC)c2c3cc(ccc31)-c1csc(n1)C[C@H](NC(=O)[C@H](C(C)C)N(C)C(=O)N1CCN(C(C)=O)CC1)C(=O)N1CCC[C@H](N1)C(=O)OCC(C)(C)C2.S.S.S.S. The quantitative estimate of drug-likeness (QED) is 0.203. The Balaban J connectivity index is 0.00000306. The standard InChI is InChI=1S/C47H63N9O7S.4H2S/c1-10-55-38-16-15-31-23-33(38)34(42(55)32-13-11-17-48-40(32)29(4)62-9)25-47(6,7)27-63-45(60)35-14-12-18-56(51-35)44(59)36(24-39-49-37(31)26-64-39)50-43(58)41(28(2)3)52(8)46(61)54-21-19-53(20-22-54)30(5)57;;;;/h11,13,15-17,23,26,28-29,35-36,41,51H,10,12,14,18-22,24-25,27H2,1-9H3,(H,50,58);4*1H2/t29-,35-,36-,41-;;;;/m0..../s1. The summed E-state index contributed by atoms with van der Waals surface area (Å²) in [6.45, 7) is 16.2. The fourth-order valence-electron chi connectivity index (χ4n) is 9.30. The number of fused-ring (bicyclic) bond motifs is 6. The van der Waals surface area contributed by atoms with Crippen LogP contribution in [0.25, 0.3) is 33.4 Å². The second-order valence-corrected chi connectivity index (χ2v) is 19.3. The maximum atomic E-state index is 14.6. The van der Waals surface area contributed by atoms with Gasteiger partial charge in [-0.15, -0.1) is 11.3 Å². The van der Waals surface area contributed by atoms with E-state index in [0.717, 1.165) is 44.7 Å². The van der Waals surface area contributed by atoms with Crippen molar-refractivity contribution < 1.29 is 33.4 Å². The van der Waals surface area contributed by atoms with Crippen LogP contribution in [0.3, 0.4) is 0 Å². The first kappa shape index (κ1) is 58.3. The summed E-state index contributed by atoms with van der Waals surface area (Å²) in [6, 6.07) is 7.32. The van der Waals surface area contributed by atoms with Gasteiger partial charge in [0.1, 0.15) is 18.1 Å². The van der Waals surface area contributed by atoms with Gasteiger partial charge in [0.05, 0.1) is 34.8 Å². The number of thiazole rings is 1. The molecule has 3 aliphatic heterocycles. The molecule has 0 aliphatic carbocycles. The molecule has 0 unspecified atom stereocenters. The Bertz CT molecular complexity index is 2400. The number of cyclic esters (lactones) is 1. The van der Waals surface area contributed by atoms with Crippen molar-refractivity contribution in [3.8, 4) is 22.5 Å². The number of hydrogen-bond donors (Lipinski definition) is 2. The predicted molar refractivity (Wildman–Crippen MR) is 286 cm³/mol. The number of hydrogen-bond acceptors (Lipinski definition) is 11. The fraction of sp³-hybridized carbons (Fsp3) is 0.553. The zero-order valence-electron chi connectivity index (χ0n) is 40.6. The summed E-state index contributed by atoms with van der Waals surface area (Å²) >= 11 is 1.41. The average Bonchev–Trinajstić information content (AvgIpc) is 3.88. The second-order valence-electron chi connectivity index (χ2n) is 18.3. The number of esters is 1. The van der Waals surface area contributed by atoms with E-state index in [1.807, 2.05) is 32.2 Å². The van der Waals surface area contributed by atoms with Crippen LogP contribution in [0.4, 0.5) is 4.79 Å². The number of carbonyl (C=O) groups excluding carboxylic acids is 5. The highest BCUT2D eigenvalue weighted by Gasteiger charge is 2.39. The molecule has 0 saturated carbocycles. The van der Waals surface area contributed by atoms with Crippen molar-refractivity contribution in [1.29, 1.82) is 0 Å². The molecular weight excluding hydrogens is 963 g/mol. The minimum atomic E-state index is -1.08. The van der Waals surface area contributed by atoms with Gasteiger partial charge < -0.3 is 34.1 Å². The number of urea groups is 1. The van der Waals surface area contributed by atoms with E-state index in [2.05, 4.69) is 60.3 Å². The molecule has 68 heavy (non-hydrogen) atoms. The van der Waals surface area contributed by atoms with Gasteiger partial charge in [-0.05, 0) is 68.9 Å². The van der Waals surface area contributed by atoms with Crippen LogP contribution in [0.5, 0.6) is 0 Å². The number of benzene rings is 1. The predicted octanol–water partition coefficient (Wildman–Crippen LogP) is 5.89. The first-order valence-electron chi connectivity index (χ1n) is 22.4. The zero-order valence-corrected chi connectivity index (χ0v) is 45.4. The minimum Gasteiger partial charge on any atom is -0.464 e. The number of methoxy groups -OCH3 is 1. The molecule has 0 spiro atoms. The Morgan fingerprint density at radius 1 is 1.03 bits per heavy atom. The van der Waals surface area contributed by atoms with Gasteiger partial charge >= 0.3 is 12.0 Å². The van der Waals surface area contributed by atoms with Crippen LogP contribution >= 0.6 is 65.3 Å². The molecule has 4 aromatic rings. The molecule has 1 aromatic carbocycles. The highest BCUT2D eigenvalue weighted by atomic mass is 32.1. The number of aryl methyl sites for hydroxylation is 1. The Hall–Kier alpha value is -3.99. The lowest BCUT2D eigenvalue weighted by Crippen LogP contribution is -2.63. The molecule has 21 heteroatoms. The van der Waals surface area contributed by atoms with E-state index in [1.165, 1.54) is 28.2 Å². The molecule has 2 N–H and O–H groups in total. The van der Waals surface area contributed by atoms with Gasteiger partial charge in [-0.1, -0.05) is 33.8 Å². The number of piperazine rings is 1. The molecule has 7 rings (SSSR count). The minimum absolute atomic E-state index is 0. The number of hydrazine groups is 1. The number of pyridine rings is 1. The first-order chi connectivity index (χ1) is 30.5. The van der Waals surface area contributed by atoms with E-state index in [1.54, 1.807) is 30.2 Å². The van der Waals surface area contributed by atoms with Gasteiger partial charge in [-0.25, -0.2) is 15.2 Å². The van der Waals surface area contributed by atoms with Crippen molar-refractivity contribution in [1.82, 2.24) is 45.0 Å². The molecule has 4 atom stereocenters. The summed E-state index contributed by atoms with van der Waals surface area (Å²) in [7, 11) is 3.28. The molecule has 6 heterocycles. The van der Waals surface area contributed by atoms with Crippen LogP contribution in [0, 0.1) is 11.3 Å². The van der Waals surface area contributed by atoms with Gasteiger partial charge in [0, 0.05) is 106 Å². The largest absolute Gasteiger partial charge is 0.464 e. The van der Waals surface area contributed by atoms with Crippen LogP contribution in [0.1, 0.15) is 83.7 Å². The van der Waals surface area contributed by atoms with Crippen LogP contribution in [0.15, 0.2) is 41.9 Å². The third-order valence-electron chi connectivity index (χ3n) is 12.8. The Labute approximate surface area is 432 Å². The van der Waals surface area contributed by atoms with Crippen molar-refractivity contribution in [2.24, 2.45) is 11.3 Å². The summed E-state index contributed by atoms with van der Waals surface area (Å²) in [5, 5.41) is 8.11. The summed E-state index contributed by atoms with van der Waals surface area (Å²) in [6.07, 6.45) is 3.21. The lowest BCUT2D eigenvalue weighted by molar-refractivity contribution is -0.155. The number of likely N-dealkylation sites (N-methyl/N-ethyl adjacent to an activating group) is 1. The molecule has 6 bridgehead atoms. The molecule has 16 nitrogen and oxygen atoms in total. The molecule has 2 saturated heterocycles. The third kappa shape index (κ3) is 12.5. The summed E-state index contributed by atoms with van der Waals surface area (Å²) in [5.41, 5.74) is 9.27. The highest BCUT2D eigenvalue weighted by molar-refractivity contribution is 7.59. The summed E-state index contributed by atoms with van der Waals surface area (Å²) in [4.78, 5) is 83.2. The van der Waals surface area contributed by atoms with Gasteiger partial charge in [-0.2, -0.15) is 54.0 Å². The second kappa shape index (κ2) is 24.7. The number of nitrogens with one attached hydrogen (secondary N) is 2. The average molecular weight is 1030 g/mol. The zero-order chi connectivity index (χ0) is 46.0. The van der Waals surface area contributed by atoms with Crippen LogP contribution in [-0.2, 0) is 48.0 Å². The van der Waals surface area contributed by atoms with E-state index < -0.39 is 41.3 Å². The number of rotatable bonds is 8. The van der Waals surface area contributed by atoms with Crippen LogP contribution in [-0.4, -0.2) is 136 Å². The molecule has 3 aromatic heterocycles. The monoisotopic (exact) mass is 1030 g/mol. The number of nitrogens with zero attached hydrogens (tertiary/aromatic N) is 7. The van der Waals surface area contributed by atoms with Crippen molar-refractivity contribution in [2.45, 2.75) is 105 Å². The molecule has 376 valence electrons. The first-order valence-corrected chi connectivity index (χ1v) is 23.3. The maximum Gasteiger partial charge on any atom is 0.324 e. The smallest absolute Gasteiger partial charge is 0.324 e. The van der Waals surface area contributed by atoms with Crippen molar-refractivity contribution >= 4 is 106 Å². The van der Waals surface area contributed by atoms with Crippen LogP contribution < -0.4 is 10.7 Å². The van der Waals surface area contributed by atoms with Crippen molar-refractivity contribution in [2.75, 3.05) is 53.5 Å². The van der Waals surface area contributed by atoms with Gasteiger partial charge in [0.2, 0.25) is 11.8 Å². The number of ether oxygens (including phenoxy) is 2. The molecule has 2 fully saturated rings. The number of aromatic nitrogens is 3. The number of amides is 5. The van der Waals surface area contributed by atoms with E-state index in [-0.39, 0.29) is 91.0 Å². The Morgan fingerprint density at radius 3 is 2.37 bits per heavy atom. The van der Waals surface area contributed by atoms with E-state index in [0.29, 0.717) is 63.5 Å². The molecule has 5 amide bonds. The maximum absolute atomic E-state index is 14.6. The fourth-order valence-corrected chi connectivity index (χ4v) is 10.2. The Kier molecular flexibility index (Phi) is 21.2. The van der Waals surface area contributed by atoms with E-state index in [4.69, 9.17) is 19.4 Å². The van der Waals surface area contributed by atoms with Crippen molar-refractivity contribution in [3.05, 3.63) is 58.2 Å². The Morgan fingerprint density at radius 2 is 1.72 bits per heavy atom. The van der Waals surface area contributed by atoms with Gasteiger partial charge in [0.15, 0.2) is 0 Å². The van der Waals surface area contributed by atoms with Crippen LogP contribution in [0.2, 0.25) is 0 Å². The third-order valence-corrected chi connectivity index (χ3v) is 13.6. The normalized spacial score (nSPS) is 19.2. The molecule has 0 radical (unpaired) electrons. The van der Waals surface area contributed by atoms with E-state index in [9.17, 15) is 24.0 Å². The van der Waals surface area contributed by atoms with Gasteiger partial charge in [0.25, 0.3) is 5.91 Å². The van der Waals surface area contributed by atoms with E-state index >= 15 is 0 Å². The molecular formula is C47H71N9O7S5.